The second kappa shape index (κ2) is 8.78. The van der Waals surface area contributed by atoms with Crippen LogP contribution in [0.3, 0.4) is 0 Å². The average molecular weight is 409 g/mol. The zero-order valence-electron chi connectivity index (χ0n) is 17.5. The minimum Gasteiger partial charge on any atom is -0.493 e. The van der Waals surface area contributed by atoms with E-state index >= 15 is 0 Å². The molecule has 1 fully saturated rings. The zero-order valence-corrected chi connectivity index (χ0v) is 17.5. The van der Waals surface area contributed by atoms with E-state index < -0.39 is 5.97 Å². The first kappa shape index (κ1) is 20.3. The quantitative estimate of drug-likeness (QED) is 0.625. The van der Waals surface area contributed by atoms with Crippen LogP contribution in [0.2, 0.25) is 0 Å². The molecule has 158 valence electrons. The number of rotatable bonds is 7. The Bertz CT molecular complexity index is 949. The van der Waals surface area contributed by atoms with Gasteiger partial charge in [0.25, 0.3) is 5.91 Å². The molecule has 1 amide bonds. The van der Waals surface area contributed by atoms with Gasteiger partial charge in [-0.1, -0.05) is 18.9 Å². The second-order valence-electron chi connectivity index (χ2n) is 7.78. The molecule has 4 rings (SSSR count). The van der Waals surface area contributed by atoms with Crippen molar-refractivity contribution in [3.63, 3.8) is 0 Å². The molecular weight excluding hydrogens is 382 g/mol. The number of esters is 1. The molecule has 0 unspecified atom stereocenters. The van der Waals surface area contributed by atoms with Gasteiger partial charge in [0.05, 0.1) is 32.4 Å². The van der Waals surface area contributed by atoms with Gasteiger partial charge in [0.15, 0.2) is 11.5 Å². The molecule has 1 heterocycles. The van der Waals surface area contributed by atoms with Gasteiger partial charge in [0.1, 0.15) is 0 Å². The summed E-state index contributed by atoms with van der Waals surface area (Å²) in [6.45, 7) is 3.17. The van der Waals surface area contributed by atoms with Crippen LogP contribution < -0.4 is 14.4 Å². The highest BCUT2D eigenvalue weighted by atomic mass is 16.5. The number of fused-ring (bicyclic) bond motifs is 1. The van der Waals surface area contributed by atoms with Crippen LogP contribution in [0.1, 0.15) is 58.9 Å². The molecule has 2 aromatic rings. The van der Waals surface area contributed by atoms with E-state index in [0.717, 1.165) is 11.3 Å². The summed E-state index contributed by atoms with van der Waals surface area (Å²) in [4.78, 5) is 26.8. The van der Waals surface area contributed by atoms with Gasteiger partial charge in [-0.2, -0.15) is 0 Å². The largest absolute Gasteiger partial charge is 0.493 e. The number of carbonyl (C=O) groups excluding carboxylic acids is 2. The van der Waals surface area contributed by atoms with E-state index in [1.165, 1.54) is 25.7 Å². The topological polar surface area (TPSA) is 65.1 Å². The first-order valence-electron chi connectivity index (χ1n) is 10.5. The predicted octanol–water partition coefficient (Wildman–Crippen LogP) is 4.60. The molecule has 0 bridgehead atoms. The van der Waals surface area contributed by atoms with Crippen LogP contribution in [0.5, 0.6) is 11.5 Å². The van der Waals surface area contributed by atoms with Gasteiger partial charge < -0.3 is 19.1 Å². The molecule has 0 N–H and O–H groups in total. The lowest BCUT2D eigenvalue weighted by atomic mass is 10.1. The number of carbonyl (C=O) groups is 2. The third-order valence-electron chi connectivity index (χ3n) is 5.83. The van der Waals surface area contributed by atoms with E-state index in [4.69, 9.17) is 14.2 Å². The van der Waals surface area contributed by atoms with Crippen LogP contribution in [0.4, 0.5) is 5.69 Å². The van der Waals surface area contributed by atoms with Gasteiger partial charge in [-0.15, -0.1) is 0 Å². The summed E-state index contributed by atoms with van der Waals surface area (Å²) >= 11 is 0. The Kier molecular flexibility index (Phi) is 5.93. The maximum atomic E-state index is 13.1. The average Bonchev–Trinajstić information content (AvgIpc) is 3.40. The van der Waals surface area contributed by atoms with Crippen LogP contribution in [0, 0.1) is 5.92 Å². The molecule has 30 heavy (non-hydrogen) atoms. The lowest BCUT2D eigenvalue weighted by Crippen LogP contribution is -2.23. The Morgan fingerprint density at radius 3 is 2.63 bits per heavy atom. The standard InChI is InChI=1S/C24H27NO5/c1-3-29-24(27)17-8-9-18-14-25(23(26)20(18)12-17)19-10-11-21(28-2)22(13-19)30-15-16-6-4-5-7-16/h8-13,16H,3-7,14-15H2,1-2H3. The number of anilines is 1. The minimum absolute atomic E-state index is 0.136. The molecule has 2 aromatic carbocycles. The first-order chi connectivity index (χ1) is 14.6. The van der Waals surface area contributed by atoms with Gasteiger partial charge in [0.2, 0.25) is 0 Å². The Morgan fingerprint density at radius 2 is 1.90 bits per heavy atom. The molecular formula is C24H27NO5. The van der Waals surface area contributed by atoms with Crippen molar-refractivity contribution < 1.29 is 23.8 Å². The second-order valence-corrected chi connectivity index (χ2v) is 7.78. The number of methoxy groups -OCH3 is 1. The highest BCUT2D eigenvalue weighted by molar-refractivity contribution is 6.11. The fourth-order valence-electron chi connectivity index (χ4n) is 4.18. The summed E-state index contributed by atoms with van der Waals surface area (Å²) in [6, 6.07) is 10.7. The van der Waals surface area contributed by atoms with Gasteiger partial charge >= 0.3 is 5.97 Å². The molecule has 6 nitrogen and oxygen atoms in total. The molecule has 0 saturated heterocycles. The molecule has 0 atom stereocenters. The van der Waals surface area contributed by atoms with Gasteiger partial charge in [-0.25, -0.2) is 4.79 Å². The summed E-state index contributed by atoms with van der Waals surface area (Å²) < 4.78 is 16.6. The lowest BCUT2D eigenvalue weighted by Gasteiger charge is -2.19. The number of nitrogens with zero attached hydrogens (tertiary/aromatic N) is 1. The van der Waals surface area contributed by atoms with Crippen LogP contribution >= 0.6 is 0 Å². The molecule has 0 radical (unpaired) electrons. The van der Waals surface area contributed by atoms with Crippen molar-refractivity contribution in [2.45, 2.75) is 39.2 Å². The van der Waals surface area contributed by atoms with Crippen molar-refractivity contribution in [2.24, 2.45) is 5.92 Å². The fourth-order valence-corrected chi connectivity index (χ4v) is 4.18. The number of hydrogen-bond donors (Lipinski definition) is 0. The van der Waals surface area contributed by atoms with Crippen LogP contribution in [-0.2, 0) is 11.3 Å². The smallest absolute Gasteiger partial charge is 0.338 e. The van der Waals surface area contributed by atoms with Crippen molar-refractivity contribution in [1.29, 1.82) is 0 Å². The number of ether oxygens (including phenoxy) is 3. The van der Waals surface area contributed by atoms with Crippen molar-refractivity contribution in [3.8, 4) is 11.5 Å². The van der Waals surface area contributed by atoms with Crippen molar-refractivity contribution in [1.82, 2.24) is 0 Å². The molecule has 1 aliphatic carbocycles. The molecule has 2 aliphatic rings. The van der Waals surface area contributed by atoms with Gasteiger partial charge in [0, 0.05) is 17.3 Å². The van der Waals surface area contributed by atoms with Crippen LogP contribution in [0.15, 0.2) is 36.4 Å². The van der Waals surface area contributed by atoms with E-state index in [1.807, 2.05) is 24.3 Å². The zero-order chi connectivity index (χ0) is 21.1. The molecule has 0 aromatic heterocycles. The first-order valence-corrected chi connectivity index (χ1v) is 10.5. The van der Waals surface area contributed by atoms with Crippen molar-refractivity contribution in [3.05, 3.63) is 53.1 Å². The number of amides is 1. The number of hydrogen-bond acceptors (Lipinski definition) is 5. The normalized spacial score (nSPS) is 15.9. The van der Waals surface area contributed by atoms with E-state index in [9.17, 15) is 9.59 Å². The Labute approximate surface area is 176 Å². The third kappa shape index (κ3) is 3.99. The molecule has 1 aliphatic heterocycles. The Hall–Kier alpha value is -3.02. The van der Waals surface area contributed by atoms with Crippen molar-refractivity contribution >= 4 is 17.6 Å². The Balaban J connectivity index is 1.55. The maximum absolute atomic E-state index is 13.1. The summed E-state index contributed by atoms with van der Waals surface area (Å²) in [5.41, 5.74) is 2.55. The summed E-state index contributed by atoms with van der Waals surface area (Å²) in [5.74, 6) is 1.34. The summed E-state index contributed by atoms with van der Waals surface area (Å²) in [5, 5.41) is 0. The highest BCUT2D eigenvalue weighted by Crippen LogP contribution is 2.36. The predicted molar refractivity (Wildman–Crippen MR) is 113 cm³/mol. The minimum atomic E-state index is -0.418. The van der Waals surface area contributed by atoms with Gasteiger partial charge in [-0.05, 0) is 55.5 Å². The number of benzene rings is 2. The van der Waals surface area contributed by atoms with E-state index in [0.29, 0.717) is 48.3 Å². The van der Waals surface area contributed by atoms with Crippen LogP contribution in [0.25, 0.3) is 0 Å². The molecule has 6 heteroatoms. The van der Waals surface area contributed by atoms with Crippen LogP contribution in [-0.4, -0.2) is 32.2 Å². The fraction of sp³-hybridized carbons (Fsp3) is 0.417. The maximum Gasteiger partial charge on any atom is 0.338 e. The molecule has 1 saturated carbocycles. The van der Waals surface area contributed by atoms with Crippen molar-refractivity contribution in [2.75, 3.05) is 25.2 Å². The summed E-state index contributed by atoms with van der Waals surface area (Å²) in [7, 11) is 1.62. The summed E-state index contributed by atoms with van der Waals surface area (Å²) in [6.07, 6.45) is 4.93. The Morgan fingerprint density at radius 1 is 1.10 bits per heavy atom. The monoisotopic (exact) mass is 409 g/mol. The van der Waals surface area contributed by atoms with E-state index in [-0.39, 0.29) is 5.91 Å². The lowest BCUT2D eigenvalue weighted by molar-refractivity contribution is 0.0526. The highest BCUT2D eigenvalue weighted by Gasteiger charge is 2.30. The third-order valence-corrected chi connectivity index (χ3v) is 5.83. The van der Waals surface area contributed by atoms with Gasteiger partial charge in [-0.3, -0.25) is 4.79 Å². The molecule has 0 spiro atoms. The van der Waals surface area contributed by atoms with E-state index in [1.54, 1.807) is 31.1 Å². The SMILES string of the molecule is CCOC(=O)c1ccc2c(c1)C(=O)N(c1ccc(OC)c(OCC3CCCC3)c1)C2. The van der Waals surface area contributed by atoms with E-state index in [2.05, 4.69) is 0 Å².